The summed E-state index contributed by atoms with van der Waals surface area (Å²) in [5, 5.41) is 23.6. The highest BCUT2D eigenvalue weighted by atomic mass is 16.5. The summed E-state index contributed by atoms with van der Waals surface area (Å²) in [6.45, 7) is 44.1. The molecule has 3 amide bonds. The Hall–Kier alpha value is -2.05. The Morgan fingerprint density at radius 3 is 1.61 bits per heavy atom. The number of carbonyl (C=O) groups excluding carboxylic acids is 3. The minimum absolute atomic E-state index is 0.0578. The van der Waals surface area contributed by atoms with Gasteiger partial charge in [-0.15, -0.1) is 0 Å². The summed E-state index contributed by atoms with van der Waals surface area (Å²) in [7, 11) is 0. The van der Waals surface area contributed by atoms with Crippen molar-refractivity contribution in [1.29, 1.82) is 0 Å². The predicted molar refractivity (Wildman–Crippen MR) is 259 cm³/mol. The number of nitrogens with two attached hydrogens (primary N) is 1. The summed E-state index contributed by atoms with van der Waals surface area (Å²) in [6.07, 6.45) is 8.56. The molecule has 7 N–H and O–H groups in total. The van der Waals surface area contributed by atoms with Gasteiger partial charge in [0.1, 0.15) is 11.8 Å². The van der Waals surface area contributed by atoms with E-state index in [0.717, 1.165) is 38.5 Å². The smallest absolute Gasteiger partial charge is 0.244 e. The molecule has 366 valence electrons. The minimum Gasteiger partial charge on any atom is -0.380 e. The van der Waals surface area contributed by atoms with E-state index in [4.69, 9.17) is 15.2 Å². The summed E-state index contributed by atoms with van der Waals surface area (Å²) in [4.78, 5) is 39.9. The number of hydrogen-bond donors (Lipinski definition) is 6. The van der Waals surface area contributed by atoms with Crippen LogP contribution < -0.4 is 27.0 Å². The van der Waals surface area contributed by atoms with Gasteiger partial charge in [-0.2, -0.15) is 0 Å². The Morgan fingerprint density at radius 2 is 1.16 bits per heavy atom. The molecule has 62 heavy (non-hydrogen) atoms. The zero-order valence-electron chi connectivity index (χ0n) is 43.8. The number of rotatable bonds is 31. The van der Waals surface area contributed by atoms with E-state index in [1.54, 1.807) is 12.2 Å². The Morgan fingerprint density at radius 1 is 0.661 bits per heavy atom. The molecule has 5 unspecified atom stereocenters. The molecule has 0 aliphatic carbocycles. The van der Waals surface area contributed by atoms with Crippen molar-refractivity contribution in [2.45, 2.75) is 195 Å². The molecule has 0 bridgehead atoms. The molecule has 0 aliphatic rings. The summed E-state index contributed by atoms with van der Waals surface area (Å²) in [6, 6.07) is 0. The Labute approximate surface area is 381 Å². The number of carbonyl (C=O) groups is 3. The molecule has 0 heterocycles. The maximum Gasteiger partial charge on any atom is 0.244 e. The first-order valence-electron chi connectivity index (χ1n) is 23.9. The molecule has 0 rings (SSSR count). The summed E-state index contributed by atoms with van der Waals surface area (Å²) in [5.41, 5.74) is 4.36. The molecular formula is C51H101N5O6. The quantitative estimate of drug-likeness (QED) is 0.0297. The van der Waals surface area contributed by atoms with Crippen molar-refractivity contribution in [3.8, 4) is 0 Å². The fourth-order valence-electron chi connectivity index (χ4n) is 7.20. The molecule has 0 fully saturated rings. The van der Waals surface area contributed by atoms with E-state index in [-0.39, 0.29) is 74.4 Å². The third-order valence-electron chi connectivity index (χ3n) is 12.9. The number of amides is 3. The van der Waals surface area contributed by atoms with Crippen LogP contribution in [0.1, 0.15) is 183 Å². The maximum absolute atomic E-state index is 13.6. The van der Waals surface area contributed by atoms with E-state index >= 15 is 0 Å². The third-order valence-corrected chi connectivity index (χ3v) is 12.9. The van der Waals surface area contributed by atoms with Gasteiger partial charge in [0.25, 0.3) is 0 Å². The van der Waals surface area contributed by atoms with E-state index in [2.05, 4.69) is 139 Å². The lowest BCUT2D eigenvalue weighted by atomic mass is 9.77. The largest absolute Gasteiger partial charge is 0.380 e. The topological polar surface area (TPSA) is 164 Å². The average Bonchev–Trinajstić information content (AvgIpc) is 3.16. The molecule has 0 saturated heterocycles. The number of nitrogens with one attached hydrogen (secondary N) is 4. The van der Waals surface area contributed by atoms with E-state index in [9.17, 15) is 19.5 Å². The van der Waals surface area contributed by atoms with Crippen molar-refractivity contribution < 1.29 is 29.0 Å². The number of ether oxygens (including phenoxy) is 2. The molecule has 0 aromatic rings. The maximum atomic E-state index is 13.6. The van der Waals surface area contributed by atoms with Gasteiger partial charge in [-0.05, 0) is 62.2 Å². The molecular weight excluding hydrogens is 779 g/mol. The second kappa shape index (κ2) is 25.6. The standard InChI is InChI=1S/C51H101N5O6/c1-20-25-51(52,43(60)56-33-50(19,23-4)37-61-34-46(12,13)30-54-41(58)38(5)39(21-2)29-45(9,10)11)26-24-40(57)53-32-49(18,22-3)36-62-35-47(14,15)31-55-42(59)48(16,17)28-27-44(6,7)8/h20,25,38-39,42,55,59H,21-24,26-37,52H2,1-19H3,(H,53,57)(H,54,58)(H,56,60)/b25-20+/t38?,39?,42?,49?,50?,51-/m1/s1. The van der Waals surface area contributed by atoms with Gasteiger partial charge in [0.05, 0.1) is 26.4 Å². The van der Waals surface area contributed by atoms with E-state index in [1.807, 2.05) is 13.8 Å². The highest BCUT2D eigenvalue weighted by molar-refractivity contribution is 5.89. The van der Waals surface area contributed by atoms with Crippen LogP contribution in [0.2, 0.25) is 0 Å². The van der Waals surface area contributed by atoms with Crippen LogP contribution in [0, 0.1) is 49.7 Å². The number of allylic oxidation sites excluding steroid dienone is 1. The van der Waals surface area contributed by atoms with Crippen LogP contribution >= 0.6 is 0 Å². The Kier molecular flexibility index (Phi) is 24.7. The summed E-state index contributed by atoms with van der Waals surface area (Å²) >= 11 is 0. The van der Waals surface area contributed by atoms with Crippen LogP contribution in [0.15, 0.2) is 12.2 Å². The van der Waals surface area contributed by atoms with Crippen LogP contribution in [-0.4, -0.2) is 87.2 Å². The van der Waals surface area contributed by atoms with Gasteiger partial charge in [0.2, 0.25) is 17.7 Å². The van der Waals surface area contributed by atoms with Gasteiger partial charge in [0, 0.05) is 65.6 Å². The number of hydrogen-bond acceptors (Lipinski definition) is 8. The van der Waals surface area contributed by atoms with Crippen LogP contribution in [0.25, 0.3) is 0 Å². The molecule has 0 aromatic heterocycles. The van der Waals surface area contributed by atoms with Gasteiger partial charge >= 0.3 is 0 Å². The molecule has 0 spiro atoms. The van der Waals surface area contributed by atoms with Crippen LogP contribution in [0.4, 0.5) is 0 Å². The van der Waals surface area contributed by atoms with Crippen molar-refractivity contribution in [2.24, 2.45) is 55.5 Å². The normalized spacial score (nSPS) is 17.7. The van der Waals surface area contributed by atoms with Crippen LogP contribution in [-0.2, 0) is 23.9 Å². The SMILES string of the molecule is C/C=C/[C@@](N)(CCC(=O)NCC(C)(CC)COCC(C)(C)CNC(O)C(C)(C)CCC(C)(C)C)C(=O)NCC(C)(CC)COCC(C)(C)CNC(=O)C(C)C(CC)CC(C)(C)C. The third kappa shape index (κ3) is 24.3. The lowest BCUT2D eigenvalue weighted by Gasteiger charge is -2.36. The molecule has 0 radical (unpaired) electrons. The molecule has 0 aliphatic heterocycles. The second-order valence-electron chi connectivity index (χ2n) is 24.4. The zero-order chi connectivity index (χ0) is 48.4. The number of aliphatic hydroxyl groups is 1. The van der Waals surface area contributed by atoms with E-state index < -0.39 is 11.8 Å². The average molecular weight is 880 g/mol. The van der Waals surface area contributed by atoms with E-state index in [1.165, 1.54) is 0 Å². The molecule has 11 nitrogen and oxygen atoms in total. The lowest BCUT2D eigenvalue weighted by Crippen LogP contribution is -2.55. The first-order chi connectivity index (χ1) is 28.1. The van der Waals surface area contributed by atoms with Gasteiger partial charge in [-0.3, -0.25) is 19.7 Å². The summed E-state index contributed by atoms with van der Waals surface area (Å²) < 4.78 is 12.5. The lowest BCUT2D eigenvalue weighted by molar-refractivity contribution is -0.127. The van der Waals surface area contributed by atoms with Crippen LogP contribution in [0.3, 0.4) is 0 Å². The molecule has 0 aromatic carbocycles. The van der Waals surface area contributed by atoms with Crippen molar-refractivity contribution in [2.75, 3.05) is 52.6 Å². The van der Waals surface area contributed by atoms with Crippen molar-refractivity contribution in [1.82, 2.24) is 21.3 Å². The second-order valence-corrected chi connectivity index (χ2v) is 24.4. The Bertz CT molecular complexity index is 1370. The fraction of sp³-hybridized carbons (Fsp3) is 0.902. The minimum atomic E-state index is -1.35. The van der Waals surface area contributed by atoms with Gasteiger partial charge in [-0.25, -0.2) is 0 Å². The number of aliphatic hydroxyl groups excluding tert-OH is 1. The van der Waals surface area contributed by atoms with E-state index in [0.29, 0.717) is 58.5 Å². The Balaban J connectivity index is 5.10. The van der Waals surface area contributed by atoms with Crippen molar-refractivity contribution in [3.05, 3.63) is 12.2 Å². The first kappa shape index (κ1) is 60.0. The highest BCUT2D eigenvalue weighted by Gasteiger charge is 2.36. The first-order valence-corrected chi connectivity index (χ1v) is 23.9. The highest BCUT2D eigenvalue weighted by Crippen LogP contribution is 2.34. The van der Waals surface area contributed by atoms with Crippen molar-refractivity contribution in [3.63, 3.8) is 0 Å². The van der Waals surface area contributed by atoms with Gasteiger partial charge < -0.3 is 36.3 Å². The molecule has 6 atom stereocenters. The predicted octanol–water partition coefficient (Wildman–Crippen LogP) is 9.17. The van der Waals surface area contributed by atoms with Gasteiger partial charge in [0.15, 0.2) is 0 Å². The summed E-state index contributed by atoms with van der Waals surface area (Å²) in [5.74, 6) is -0.131. The monoisotopic (exact) mass is 880 g/mol. The molecule has 0 saturated carbocycles. The van der Waals surface area contributed by atoms with Crippen LogP contribution in [0.5, 0.6) is 0 Å². The zero-order valence-corrected chi connectivity index (χ0v) is 43.8. The molecule has 11 heteroatoms. The fourth-order valence-corrected chi connectivity index (χ4v) is 7.20. The van der Waals surface area contributed by atoms with Crippen molar-refractivity contribution >= 4 is 17.7 Å². The van der Waals surface area contributed by atoms with Gasteiger partial charge in [-0.1, -0.05) is 143 Å².